The molecule has 0 bridgehead atoms. The molecule has 0 unspecified atom stereocenters. The van der Waals surface area contributed by atoms with Crippen LogP contribution < -0.4 is 10.1 Å². The molecule has 4 heteroatoms. The molecule has 3 rings (SSSR count). The van der Waals surface area contributed by atoms with Crippen LogP contribution in [0.2, 0.25) is 0 Å². The van der Waals surface area contributed by atoms with Gasteiger partial charge in [-0.1, -0.05) is 42.5 Å². The van der Waals surface area contributed by atoms with Crippen molar-refractivity contribution in [2.45, 2.75) is 25.3 Å². The van der Waals surface area contributed by atoms with E-state index in [1.807, 2.05) is 55.5 Å². The first-order valence-corrected chi connectivity index (χ1v) is 8.26. The summed E-state index contributed by atoms with van der Waals surface area (Å²) in [7, 11) is 1.60. The third kappa shape index (κ3) is 3.95. The number of carbonyl (C=O) groups is 1. The van der Waals surface area contributed by atoms with Crippen LogP contribution in [0, 0.1) is 5.92 Å². The van der Waals surface area contributed by atoms with Crippen LogP contribution in [0.15, 0.2) is 54.6 Å². The second kappa shape index (κ2) is 7.49. The number of benzene rings is 2. The summed E-state index contributed by atoms with van der Waals surface area (Å²) in [5.74, 6) is 1.23. The van der Waals surface area contributed by atoms with Gasteiger partial charge in [0.05, 0.1) is 6.04 Å². The van der Waals surface area contributed by atoms with E-state index in [9.17, 15) is 4.79 Å². The first-order chi connectivity index (χ1) is 11.7. The zero-order valence-corrected chi connectivity index (χ0v) is 14.1. The van der Waals surface area contributed by atoms with Gasteiger partial charge in [0.25, 0.3) is 0 Å². The Bertz CT molecular complexity index is 686. The summed E-state index contributed by atoms with van der Waals surface area (Å²) in [5.41, 5.74) is 2.27. The molecule has 0 aliphatic heterocycles. The minimum atomic E-state index is 0.0244. The summed E-state index contributed by atoms with van der Waals surface area (Å²) in [6, 6.07) is 18.0. The lowest BCUT2D eigenvalue weighted by atomic mass is 10.1. The Labute approximate surface area is 142 Å². The summed E-state index contributed by atoms with van der Waals surface area (Å²) in [4.78, 5) is 12.5. The van der Waals surface area contributed by atoms with Crippen LogP contribution in [0.25, 0.3) is 0 Å². The van der Waals surface area contributed by atoms with E-state index in [1.165, 1.54) is 0 Å². The predicted molar refractivity (Wildman–Crippen MR) is 92.8 cm³/mol. The summed E-state index contributed by atoms with van der Waals surface area (Å²) in [6.07, 6.45) is 0.890. The van der Waals surface area contributed by atoms with Crippen LogP contribution in [-0.4, -0.2) is 19.8 Å². The van der Waals surface area contributed by atoms with Crippen LogP contribution in [-0.2, 0) is 9.53 Å². The molecule has 1 N–H and O–H groups in total. The fourth-order valence-electron chi connectivity index (χ4n) is 2.96. The highest BCUT2D eigenvalue weighted by molar-refractivity contribution is 5.83. The van der Waals surface area contributed by atoms with Gasteiger partial charge < -0.3 is 14.8 Å². The van der Waals surface area contributed by atoms with E-state index >= 15 is 0 Å². The van der Waals surface area contributed by atoms with Crippen molar-refractivity contribution in [2.24, 2.45) is 5.92 Å². The Balaban J connectivity index is 1.57. The normalized spacial score (nSPS) is 20.2. The quantitative estimate of drug-likeness (QED) is 0.791. The molecular weight excluding hydrogens is 302 g/mol. The molecular formula is C20H23NO3. The molecule has 2 aromatic rings. The first kappa shape index (κ1) is 16.5. The number of hydrogen-bond donors (Lipinski definition) is 1. The minimum Gasteiger partial charge on any atom is -0.468 e. The molecule has 0 saturated heterocycles. The van der Waals surface area contributed by atoms with Crippen LogP contribution in [0.4, 0.5) is 0 Å². The van der Waals surface area contributed by atoms with E-state index in [0.717, 1.165) is 23.3 Å². The monoisotopic (exact) mass is 325 g/mol. The maximum atomic E-state index is 12.5. The lowest BCUT2D eigenvalue weighted by molar-refractivity contribution is -0.123. The van der Waals surface area contributed by atoms with Gasteiger partial charge in [-0.2, -0.15) is 0 Å². The van der Waals surface area contributed by atoms with E-state index in [2.05, 4.69) is 11.4 Å². The smallest absolute Gasteiger partial charge is 0.224 e. The molecule has 0 spiro atoms. The molecule has 3 atom stereocenters. The van der Waals surface area contributed by atoms with Crippen molar-refractivity contribution in [1.29, 1.82) is 0 Å². The van der Waals surface area contributed by atoms with E-state index in [1.54, 1.807) is 7.11 Å². The summed E-state index contributed by atoms with van der Waals surface area (Å²) < 4.78 is 10.4. The van der Waals surface area contributed by atoms with Gasteiger partial charge >= 0.3 is 0 Å². The molecule has 1 fully saturated rings. The number of rotatable bonds is 7. The first-order valence-electron chi connectivity index (χ1n) is 8.26. The van der Waals surface area contributed by atoms with Crippen LogP contribution in [0.5, 0.6) is 5.75 Å². The van der Waals surface area contributed by atoms with E-state index in [-0.39, 0.29) is 30.6 Å². The fraction of sp³-hybridized carbons (Fsp3) is 0.350. The van der Waals surface area contributed by atoms with Crippen LogP contribution in [0.1, 0.15) is 36.4 Å². The zero-order valence-electron chi connectivity index (χ0n) is 14.1. The van der Waals surface area contributed by atoms with Gasteiger partial charge in [-0.3, -0.25) is 4.79 Å². The van der Waals surface area contributed by atoms with Crippen molar-refractivity contribution >= 4 is 5.91 Å². The number of hydrogen-bond acceptors (Lipinski definition) is 3. The van der Waals surface area contributed by atoms with Gasteiger partial charge in [-0.15, -0.1) is 0 Å². The van der Waals surface area contributed by atoms with Crippen molar-refractivity contribution in [2.75, 3.05) is 13.9 Å². The SMILES string of the molecule is COCOc1cccc([C@@H]2C[C@H]2C(=O)N[C@@H](C)c2ccccc2)c1. The number of nitrogens with one attached hydrogen (secondary N) is 1. The zero-order chi connectivity index (χ0) is 16.9. The van der Waals surface area contributed by atoms with Crippen molar-refractivity contribution < 1.29 is 14.3 Å². The van der Waals surface area contributed by atoms with Crippen LogP contribution >= 0.6 is 0 Å². The molecule has 24 heavy (non-hydrogen) atoms. The second-order valence-electron chi connectivity index (χ2n) is 6.21. The average Bonchev–Trinajstić information content (AvgIpc) is 3.42. The number of methoxy groups -OCH3 is 1. The maximum absolute atomic E-state index is 12.5. The Morgan fingerprint density at radius 3 is 2.75 bits per heavy atom. The Kier molecular flexibility index (Phi) is 5.16. The average molecular weight is 325 g/mol. The standard InChI is InChI=1S/C20H23NO3/c1-14(15-7-4-3-5-8-15)21-20(22)19-12-18(19)16-9-6-10-17(11-16)24-13-23-2/h3-11,14,18-19H,12-13H2,1-2H3,(H,21,22)/t14-,18-,19+/m0/s1. The fourth-order valence-corrected chi connectivity index (χ4v) is 2.96. The van der Waals surface area contributed by atoms with Gasteiger partial charge in [-0.25, -0.2) is 0 Å². The topological polar surface area (TPSA) is 47.6 Å². The van der Waals surface area contributed by atoms with E-state index < -0.39 is 0 Å². The highest BCUT2D eigenvalue weighted by atomic mass is 16.7. The van der Waals surface area contributed by atoms with Crippen molar-refractivity contribution in [3.63, 3.8) is 0 Å². The highest BCUT2D eigenvalue weighted by Gasteiger charge is 2.44. The number of carbonyl (C=O) groups excluding carboxylic acids is 1. The largest absolute Gasteiger partial charge is 0.468 e. The molecule has 126 valence electrons. The Morgan fingerprint density at radius 1 is 1.21 bits per heavy atom. The lowest BCUT2D eigenvalue weighted by Gasteiger charge is -2.14. The predicted octanol–water partition coefficient (Wildman–Crippen LogP) is 3.65. The van der Waals surface area contributed by atoms with Gasteiger partial charge in [0.1, 0.15) is 5.75 Å². The van der Waals surface area contributed by atoms with Crippen molar-refractivity contribution in [3.8, 4) is 5.75 Å². The van der Waals surface area contributed by atoms with Crippen LogP contribution in [0.3, 0.4) is 0 Å². The van der Waals surface area contributed by atoms with Gasteiger partial charge in [0.15, 0.2) is 6.79 Å². The molecule has 0 aromatic heterocycles. The number of amides is 1. The van der Waals surface area contributed by atoms with Crippen molar-refractivity contribution in [3.05, 3.63) is 65.7 Å². The molecule has 1 aliphatic carbocycles. The van der Waals surface area contributed by atoms with Gasteiger partial charge in [0.2, 0.25) is 5.91 Å². The molecule has 0 radical (unpaired) electrons. The van der Waals surface area contributed by atoms with Crippen molar-refractivity contribution in [1.82, 2.24) is 5.32 Å². The van der Waals surface area contributed by atoms with E-state index in [4.69, 9.17) is 9.47 Å². The summed E-state index contributed by atoms with van der Waals surface area (Å²) in [5, 5.41) is 3.12. The molecule has 1 amide bonds. The van der Waals surface area contributed by atoms with E-state index in [0.29, 0.717) is 0 Å². The summed E-state index contributed by atoms with van der Waals surface area (Å²) in [6.45, 7) is 2.25. The molecule has 0 heterocycles. The van der Waals surface area contributed by atoms with Gasteiger partial charge in [-0.05, 0) is 42.5 Å². The Morgan fingerprint density at radius 2 is 2.00 bits per heavy atom. The minimum absolute atomic E-state index is 0.0244. The summed E-state index contributed by atoms with van der Waals surface area (Å²) >= 11 is 0. The third-order valence-electron chi connectivity index (χ3n) is 4.42. The number of ether oxygens (including phenoxy) is 2. The molecule has 1 saturated carbocycles. The third-order valence-corrected chi connectivity index (χ3v) is 4.42. The molecule has 1 aliphatic rings. The molecule has 2 aromatic carbocycles. The lowest BCUT2D eigenvalue weighted by Crippen LogP contribution is -2.28. The van der Waals surface area contributed by atoms with Gasteiger partial charge in [0, 0.05) is 13.0 Å². The highest BCUT2D eigenvalue weighted by Crippen LogP contribution is 2.48. The second-order valence-corrected chi connectivity index (χ2v) is 6.21. The molecule has 4 nitrogen and oxygen atoms in total. The Hall–Kier alpha value is -2.33. The maximum Gasteiger partial charge on any atom is 0.224 e.